The molecule has 3 N–H and O–H groups in total. The fourth-order valence-corrected chi connectivity index (χ4v) is 3.85. The predicted molar refractivity (Wildman–Crippen MR) is 109 cm³/mol. The second-order valence-electron chi connectivity index (χ2n) is 7.45. The molecule has 1 fully saturated rings. The Kier molecular flexibility index (Phi) is 4.63. The summed E-state index contributed by atoms with van der Waals surface area (Å²) in [7, 11) is 0. The second-order valence-corrected chi connectivity index (χ2v) is 7.45. The van der Waals surface area contributed by atoms with Crippen molar-refractivity contribution in [2.75, 3.05) is 18.5 Å². The number of ether oxygens (including phenoxy) is 1. The topological polar surface area (TPSA) is 122 Å². The van der Waals surface area contributed by atoms with Gasteiger partial charge < -0.3 is 19.6 Å². The molecule has 9 nitrogen and oxygen atoms in total. The van der Waals surface area contributed by atoms with Crippen LogP contribution in [0.25, 0.3) is 16.6 Å². The summed E-state index contributed by atoms with van der Waals surface area (Å²) in [6.07, 6.45) is 4.97. The number of carbonyl (C=O) groups is 2. The largest absolute Gasteiger partial charge is 0.476 e. The summed E-state index contributed by atoms with van der Waals surface area (Å²) >= 11 is 0. The van der Waals surface area contributed by atoms with Crippen molar-refractivity contribution in [3.8, 4) is 0 Å². The maximum atomic E-state index is 14.7. The molecule has 3 aromatic heterocycles. The Morgan fingerprint density at radius 3 is 2.81 bits per heavy atom. The maximum absolute atomic E-state index is 14.7. The molecule has 0 atom stereocenters. The lowest BCUT2D eigenvalue weighted by Crippen LogP contribution is -2.14. The predicted octanol–water partition coefficient (Wildman–Crippen LogP) is 3.19. The van der Waals surface area contributed by atoms with Crippen LogP contribution in [-0.2, 0) is 4.74 Å². The Morgan fingerprint density at radius 2 is 2.03 bits per heavy atom. The summed E-state index contributed by atoms with van der Waals surface area (Å²) < 4.78 is 21.6. The molecule has 0 unspecified atom stereocenters. The Labute approximate surface area is 174 Å². The van der Waals surface area contributed by atoms with E-state index in [1.54, 1.807) is 30.6 Å². The zero-order chi connectivity index (χ0) is 21.5. The molecule has 1 aliphatic rings. The first-order valence-corrected chi connectivity index (χ1v) is 9.78. The summed E-state index contributed by atoms with van der Waals surface area (Å²) in [4.78, 5) is 28.3. The van der Waals surface area contributed by atoms with Crippen molar-refractivity contribution in [2.45, 2.75) is 18.8 Å². The molecule has 0 radical (unpaired) electrons. The van der Waals surface area contributed by atoms with Gasteiger partial charge in [0.25, 0.3) is 5.91 Å². The number of aromatic carboxylic acids is 1. The Balaban J connectivity index is 1.41. The van der Waals surface area contributed by atoms with Gasteiger partial charge in [0.15, 0.2) is 17.2 Å². The van der Waals surface area contributed by atoms with E-state index < -0.39 is 17.7 Å². The number of carboxylic acid groups (broad SMARTS) is 1. The van der Waals surface area contributed by atoms with E-state index in [0.29, 0.717) is 29.8 Å². The number of aromatic amines is 1. The quantitative estimate of drug-likeness (QED) is 0.463. The number of nitrogens with zero attached hydrogens (tertiary/aromatic N) is 3. The van der Waals surface area contributed by atoms with Gasteiger partial charge in [0, 0.05) is 42.6 Å². The summed E-state index contributed by atoms with van der Waals surface area (Å²) in [5, 5.41) is 18.6. The van der Waals surface area contributed by atoms with Gasteiger partial charge in [-0.15, -0.1) is 0 Å². The third-order valence-corrected chi connectivity index (χ3v) is 5.45. The highest BCUT2D eigenvalue weighted by atomic mass is 19.1. The average Bonchev–Trinajstić information content (AvgIpc) is 3.38. The molecule has 1 amide bonds. The van der Waals surface area contributed by atoms with E-state index in [0.717, 1.165) is 24.6 Å². The normalized spacial score (nSPS) is 14.9. The third kappa shape index (κ3) is 3.50. The number of rotatable bonds is 4. The minimum Gasteiger partial charge on any atom is -0.476 e. The Hall–Kier alpha value is -3.79. The Bertz CT molecular complexity index is 1320. The lowest BCUT2D eigenvalue weighted by atomic mass is 9.97. The summed E-state index contributed by atoms with van der Waals surface area (Å²) in [5.74, 6) is -2.02. The zero-order valence-electron chi connectivity index (χ0n) is 16.3. The molecule has 1 saturated heterocycles. The molecule has 0 bridgehead atoms. The van der Waals surface area contributed by atoms with Crippen LogP contribution in [0, 0.1) is 5.82 Å². The number of nitrogens with one attached hydrogen (secondary N) is 2. The highest BCUT2D eigenvalue weighted by Gasteiger charge is 2.21. The number of H-pyrrole nitrogens is 1. The van der Waals surface area contributed by atoms with Crippen LogP contribution in [0.2, 0.25) is 0 Å². The molecule has 0 aliphatic carbocycles. The minimum atomic E-state index is -1.15. The number of anilines is 1. The number of aromatic nitrogens is 4. The van der Waals surface area contributed by atoms with Crippen LogP contribution in [0.4, 0.5) is 10.1 Å². The van der Waals surface area contributed by atoms with Crippen LogP contribution in [-0.4, -0.2) is 49.8 Å². The second kappa shape index (κ2) is 7.47. The Morgan fingerprint density at radius 1 is 1.23 bits per heavy atom. The van der Waals surface area contributed by atoms with E-state index in [1.165, 1.54) is 4.40 Å². The van der Waals surface area contributed by atoms with E-state index in [1.807, 2.05) is 0 Å². The van der Waals surface area contributed by atoms with E-state index in [4.69, 9.17) is 9.84 Å². The molecule has 10 heteroatoms. The number of imidazole rings is 1. The lowest BCUT2D eigenvalue weighted by molar-refractivity contribution is 0.0692. The third-order valence-electron chi connectivity index (χ3n) is 5.45. The van der Waals surface area contributed by atoms with Crippen molar-refractivity contribution in [1.29, 1.82) is 0 Å². The van der Waals surface area contributed by atoms with Crippen LogP contribution in [0.5, 0.6) is 0 Å². The van der Waals surface area contributed by atoms with Gasteiger partial charge in [-0.05, 0) is 37.1 Å². The van der Waals surface area contributed by atoms with E-state index in [2.05, 4.69) is 20.5 Å². The number of pyridine rings is 1. The number of halogens is 1. The molecule has 4 heterocycles. The zero-order valence-corrected chi connectivity index (χ0v) is 16.3. The summed E-state index contributed by atoms with van der Waals surface area (Å²) in [6.45, 7) is 1.31. The number of fused-ring (bicyclic) bond motifs is 2. The molecule has 0 spiro atoms. The van der Waals surface area contributed by atoms with Crippen molar-refractivity contribution in [2.24, 2.45) is 0 Å². The van der Waals surface area contributed by atoms with Crippen molar-refractivity contribution in [3.05, 3.63) is 59.4 Å². The van der Waals surface area contributed by atoms with E-state index >= 15 is 0 Å². The standard InChI is InChI=1S/C21H18FN5O4/c22-15-7-12(9-27-10-17(24-19(15)27)11-3-5-31-6-4-11)20(28)23-13-1-2-14-16(8-13)25-26-18(14)21(29)30/h1-2,7-11H,3-6H2,(H,23,28)(H,25,26)(H,29,30). The highest BCUT2D eigenvalue weighted by molar-refractivity contribution is 6.06. The summed E-state index contributed by atoms with van der Waals surface area (Å²) in [5.41, 5.74) is 1.90. The van der Waals surface area contributed by atoms with Crippen LogP contribution in [0.3, 0.4) is 0 Å². The highest BCUT2D eigenvalue weighted by Crippen LogP contribution is 2.27. The molecule has 158 valence electrons. The average molecular weight is 423 g/mol. The fraction of sp³-hybridized carbons (Fsp3) is 0.238. The molecule has 31 heavy (non-hydrogen) atoms. The van der Waals surface area contributed by atoms with Gasteiger partial charge in [0.1, 0.15) is 0 Å². The number of benzene rings is 1. The SMILES string of the molecule is O=C(Nc1ccc2c(C(=O)O)n[nH]c2c1)c1cc(F)c2nc(C3CCOCC3)cn2c1. The van der Waals surface area contributed by atoms with E-state index in [9.17, 15) is 14.0 Å². The van der Waals surface area contributed by atoms with Crippen LogP contribution in [0.1, 0.15) is 45.3 Å². The monoisotopic (exact) mass is 423 g/mol. The molecule has 5 rings (SSSR count). The fourth-order valence-electron chi connectivity index (χ4n) is 3.85. The van der Waals surface area contributed by atoms with E-state index in [-0.39, 0.29) is 22.8 Å². The molecule has 1 aromatic carbocycles. The molecule has 0 saturated carbocycles. The summed E-state index contributed by atoms with van der Waals surface area (Å²) in [6, 6.07) is 5.85. The van der Waals surface area contributed by atoms with Crippen LogP contribution >= 0.6 is 0 Å². The number of hydrogen-bond donors (Lipinski definition) is 3. The van der Waals surface area contributed by atoms with Gasteiger partial charge in [-0.2, -0.15) is 5.10 Å². The number of amides is 1. The number of hydrogen-bond acceptors (Lipinski definition) is 5. The minimum absolute atomic E-state index is 0.0964. The van der Waals surface area contributed by atoms with Gasteiger partial charge in [-0.3, -0.25) is 9.89 Å². The number of carboxylic acids is 1. The molecular formula is C21H18FN5O4. The van der Waals surface area contributed by atoms with Gasteiger partial charge in [0.2, 0.25) is 0 Å². The molecule has 1 aliphatic heterocycles. The van der Waals surface area contributed by atoms with Crippen molar-refractivity contribution < 1.29 is 23.8 Å². The lowest BCUT2D eigenvalue weighted by Gasteiger charge is -2.19. The van der Waals surface area contributed by atoms with Crippen LogP contribution < -0.4 is 5.32 Å². The first-order valence-electron chi connectivity index (χ1n) is 9.78. The molecule has 4 aromatic rings. The van der Waals surface area contributed by atoms with Gasteiger partial charge in [-0.1, -0.05) is 0 Å². The van der Waals surface area contributed by atoms with Crippen LogP contribution in [0.15, 0.2) is 36.7 Å². The van der Waals surface area contributed by atoms with Crippen molar-refractivity contribution >= 4 is 34.1 Å². The first kappa shape index (κ1) is 19.2. The maximum Gasteiger partial charge on any atom is 0.357 e. The first-order chi connectivity index (χ1) is 15.0. The number of carbonyl (C=O) groups excluding carboxylic acids is 1. The van der Waals surface area contributed by atoms with Crippen molar-refractivity contribution in [1.82, 2.24) is 19.6 Å². The van der Waals surface area contributed by atoms with Gasteiger partial charge in [-0.25, -0.2) is 14.2 Å². The van der Waals surface area contributed by atoms with Crippen molar-refractivity contribution in [3.63, 3.8) is 0 Å². The smallest absolute Gasteiger partial charge is 0.357 e. The van der Waals surface area contributed by atoms with Gasteiger partial charge >= 0.3 is 5.97 Å². The van der Waals surface area contributed by atoms with Gasteiger partial charge in [0.05, 0.1) is 16.8 Å². The molecular weight excluding hydrogens is 405 g/mol.